The van der Waals surface area contributed by atoms with Crippen LogP contribution < -0.4 is 10.2 Å². The molecule has 130 valence electrons. The Bertz CT molecular complexity index is 819. The van der Waals surface area contributed by atoms with Crippen molar-refractivity contribution in [2.24, 2.45) is 5.92 Å². The molecule has 0 spiro atoms. The number of para-hydroxylation sites is 1. The summed E-state index contributed by atoms with van der Waals surface area (Å²) in [6, 6.07) is 13.2. The summed E-state index contributed by atoms with van der Waals surface area (Å²) in [5.41, 5.74) is 3.65. The van der Waals surface area contributed by atoms with Crippen molar-refractivity contribution >= 4 is 34.8 Å². The molecule has 25 heavy (non-hydrogen) atoms. The highest BCUT2D eigenvalue weighted by Crippen LogP contribution is 2.31. The predicted octanol–water partition coefficient (Wildman–Crippen LogP) is 4.20. The third-order valence-corrected chi connectivity index (χ3v) is 4.85. The number of anilines is 2. The van der Waals surface area contributed by atoms with Crippen molar-refractivity contribution < 1.29 is 9.59 Å². The topological polar surface area (TPSA) is 49.4 Å². The fourth-order valence-corrected chi connectivity index (χ4v) is 3.34. The van der Waals surface area contributed by atoms with Crippen LogP contribution >= 0.6 is 11.6 Å². The molecule has 1 fully saturated rings. The Morgan fingerprint density at radius 2 is 2.04 bits per heavy atom. The molecule has 3 rings (SSSR count). The normalized spacial score (nSPS) is 17.0. The molecule has 1 saturated heterocycles. The molecule has 4 nitrogen and oxygen atoms in total. The standard InChI is InChI=1S/C20H21ClN2O2/c1-3-14-6-4-5-7-17(14)22-20(25)15-10-19(24)23(12-15)18-11-16(21)9-8-13(18)2/h4-9,11,15H,3,10,12H2,1-2H3,(H,22,25). The van der Waals surface area contributed by atoms with Crippen LogP contribution in [0.5, 0.6) is 0 Å². The van der Waals surface area contributed by atoms with Crippen molar-refractivity contribution in [2.45, 2.75) is 26.7 Å². The molecule has 2 aromatic rings. The molecule has 1 atom stereocenters. The lowest BCUT2D eigenvalue weighted by atomic mass is 10.1. The van der Waals surface area contributed by atoms with Gasteiger partial charge in [0.05, 0.1) is 5.92 Å². The van der Waals surface area contributed by atoms with E-state index >= 15 is 0 Å². The molecular formula is C20H21ClN2O2. The fraction of sp³-hybridized carbons (Fsp3) is 0.300. The molecule has 5 heteroatoms. The minimum atomic E-state index is -0.365. The number of carbonyl (C=O) groups is 2. The smallest absolute Gasteiger partial charge is 0.229 e. The van der Waals surface area contributed by atoms with Crippen molar-refractivity contribution in [3.8, 4) is 0 Å². The van der Waals surface area contributed by atoms with Gasteiger partial charge in [0.25, 0.3) is 0 Å². The second-order valence-corrected chi connectivity index (χ2v) is 6.77. The van der Waals surface area contributed by atoms with Crippen LogP contribution in [-0.2, 0) is 16.0 Å². The Morgan fingerprint density at radius 3 is 2.80 bits per heavy atom. The summed E-state index contributed by atoms with van der Waals surface area (Å²) in [6.07, 6.45) is 1.06. The summed E-state index contributed by atoms with van der Waals surface area (Å²) in [6.45, 7) is 4.36. The molecule has 1 N–H and O–H groups in total. The van der Waals surface area contributed by atoms with Crippen LogP contribution in [0.15, 0.2) is 42.5 Å². The fourth-order valence-electron chi connectivity index (χ4n) is 3.17. The molecule has 2 amide bonds. The number of rotatable bonds is 4. The number of nitrogens with zero attached hydrogens (tertiary/aromatic N) is 1. The van der Waals surface area contributed by atoms with Crippen LogP contribution in [-0.4, -0.2) is 18.4 Å². The summed E-state index contributed by atoms with van der Waals surface area (Å²) in [5.74, 6) is -0.526. The number of halogens is 1. The second kappa shape index (κ2) is 7.28. The Balaban J connectivity index is 1.76. The number of benzene rings is 2. The van der Waals surface area contributed by atoms with E-state index in [4.69, 9.17) is 11.6 Å². The van der Waals surface area contributed by atoms with Crippen LogP contribution in [0.1, 0.15) is 24.5 Å². The largest absolute Gasteiger partial charge is 0.326 e. The molecule has 0 aliphatic carbocycles. The van der Waals surface area contributed by atoms with Crippen molar-refractivity contribution in [1.29, 1.82) is 0 Å². The summed E-state index contributed by atoms with van der Waals surface area (Å²) >= 11 is 6.07. The first-order valence-corrected chi connectivity index (χ1v) is 8.82. The maximum Gasteiger partial charge on any atom is 0.229 e. The van der Waals surface area contributed by atoms with Gasteiger partial charge < -0.3 is 10.2 Å². The van der Waals surface area contributed by atoms with E-state index in [1.54, 1.807) is 17.0 Å². The zero-order valence-corrected chi connectivity index (χ0v) is 15.1. The highest BCUT2D eigenvalue weighted by molar-refractivity contribution is 6.31. The molecule has 2 aromatic carbocycles. The summed E-state index contributed by atoms with van der Waals surface area (Å²) in [4.78, 5) is 26.7. The van der Waals surface area contributed by atoms with Crippen LogP contribution in [0.25, 0.3) is 0 Å². The Kier molecular flexibility index (Phi) is 5.09. The molecule has 1 unspecified atom stereocenters. The van der Waals surface area contributed by atoms with Gasteiger partial charge in [-0.05, 0) is 42.7 Å². The number of hydrogen-bond donors (Lipinski definition) is 1. The number of nitrogens with one attached hydrogen (secondary N) is 1. The first-order valence-electron chi connectivity index (χ1n) is 8.45. The summed E-state index contributed by atoms with van der Waals surface area (Å²) in [5, 5.41) is 3.56. The van der Waals surface area contributed by atoms with Gasteiger partial charge in [0.15, 0.2) is 0 Å². The van der Waals surface area contributed by atoms with Crippen molar-refractivity contribution in [3.05, 3.63) is 58.6 Å². The van der Waals surface area contributed by atoms with Gasteiger partial charge >= 0.3 is 0 Å². The van der Waals surface area contributed by atoms with Crippen molar-refractivity contribution in [2.75, 3.05) is 16.8 Å². The SMILES string of the molecule is CCc1ccccc1NC(=O)C1CC(=O)N(c2cc(Cl)ccc2C)C1. The molecule has 1 aliphatic heterocycles. The average molecular weight is 357 g/mol. The van der Waals surface area contributed by atoms with E-state index in [1.165, 1.54) is 0 Å². The Labute approximate surface area is 152 Å². The summed E-state index contributed by atoms with van der Waals surface area (Å²) < 4.78 is 0. The zero-order valence-electron chi connectivity index (χ0n) is 14.4. The number of carbonyl (C=O) groups excluding carboxylic acids is 2. The van der Waals surface area contributed by atoms with E-state index in [9.17, 15) is 9.59 Å². The van der Waals surface area contributed by atoms with Gasteiger partial charge in [0.1, 0.15) is 0 Å². The van der Waals surface area contributed by atoms with Crippen molar-refractivity contribution in [3.63, 3.8) is 0 Å². The second-order valence-electron chi connectivity index (χ2n) is 6.34. The molecule has 0 radical (unpaired) electrons. The zero-order chi connectivity index (χ0) is 18.0. The van der Waals surface area contributed by atoms with Crippen molar-refractivity contribution in [1.82, 2.24) is 0 Å². The maximum atomic E-state index is 12.6. The van der Waals surface area contributed by atoms with Gasteiger partial charge in [-0.1, -0.05) is 42.8 Å². The predicted molar refractivity (Wildman–Crippen MR) is 101 cm³/mol. The molecule has 0 saturated carbocycles. The number of amides is 2. The van der Waals surface area contributed by atoms with E-state index in [1.807, 2.05) is 44.2 Å². The molecule has 0 bridgehead atoms. The first-order chi connectivity index (χ1) is 12.0. The molecule has 1 aliphatic rings. The lowest BCUT2D eigenvalue weighted by molar-refractivity contribution is -0.122. The minimum Gasteiger partial charge on any atom is -0.326 e. The number of aryl methyl sites for hydroxylation is 2. The third kappa shape index (κ3) is 3.69. The minimum absolute atomic E-state index is 0.0470. The van der Waals surface area contributed by atoms with Gasteiger partial charge in [0.2, 0.25) is 11.8 Å². The van der Waals surface area contributed by atoms with E-state index in [0.29, 0.717) is 11.6 Å². The lowest BCUT2D eigenvalue weighted by Crippen LogP contribution is -2.28. The van der Waals surface area contributed by atoms with Crippen LogP contribution in [0.4, 0.5) is 11.4 Å². The van der Waals surface area contributed by atoms with Gasteiger partial charge in [0, 0.05) is 29.4 Å². The molecule has 0 aromatic heterocycles. The number of hydrogen-bond acceptors (Lipinski definition) is 2. The highest BCUT2D eigenvalue weighted by atomic mass is 35.5. The monoisotopic (exact) mass is 356 g/mol. The van der Waals surface area contributed by atoms with Crippen LogP contribution in [0, 0.1) is 12.8 Å². The van der Waals surface area contributed by atoms with Crippen LogP contribution in [0.2, 0.25) is 5.02 Å². The highest BCUT2D eigenvalue weighted by Gasteiger charge is 2.35. The molecule has 1 heterocycles. The third-order valence-electron chi connectivity index (χ3n) is 4.61. The van der Waals surface area contributed by atoms with E-state index in [2.05, 4.69) is 5.32 Å². The van der Waals surface area contributed by atoms with E-state index in [-0.39, 0.29) is 24.2 Å². The Hall–Kier alpha value is -2.33. The van der Waals surface area contributed by atoms with Crippen LogP contribution in [0.3, 0.4) is 0 Å². The maximum absolute atomic E-state index is 12.6. The van der Waals surface area contributed by atoms with Gasteiger partial charge in [-0.2, -0.15) is 0 Å². The summed E-state index contributed by atoms with van der Waals surface area (Å²) in [7, 11) is 0. The van der Waals surface area contributed by atoms with Gasteiger partial charge in [-0.3, -0.25) is 9.59 Å². The molecular weight excluding hydrogens is 336 g/mol. The Morgan fingerprint density at radius 1 is 1.28 bits per heavy atom. The van der Waals surface area contributed by atoms with E-state index in [0.717, 1.165) is 28.9 Å². The quantitative estimate of drug-likeness (QED) is 0.892. The van der Waals surface area contributed by atoms with Gasteiger partial charge in [-0.15, -0.1) is 0 Å². The van der Waals surface area contributed by atoms with E-state index < -0.39 is 0 Å². The average Bonchev–Trinajstić information content (AvgIpc) is 2.99. The first kappa shape index (κ1) is 17.5. The van der Waals surface area contributed by atoms with Gasteiger partial charge in [-0.25, -0.2) is 0 Å². The lowest BCUT2D eigenvalue weighted by Gasteiger charge is -2.19.